The van der Waals surface area contributed by atoms with Crippen LogP contribution in [0.3, 0.4) is 0 Å². The molecule has 1 amide bonds. The highest BCUT2D eigenvalue weighted by atomic mass is 32.1. The molecule has 6 nitrogen and oxygen atoms in total. The molecule has 1 aromatic carbocycles. The Labute approximate surface area is 169 Å². The van der Waals surface area contributed by atoms with E-state index in [1.807, 2.05) is 47.3 Å². The van der Waals surface area contributed by atoms with Crippen LogP contribution in [-0.4, -0.2) is 40.3 Å². The van der Waals surface area contributed by atoms with Gasteiger partial charge < -0.3 is 10.2 Å². The molecule has 1 N–H and O–H groups in total. The Morgan fingerprint density at radius 3 is 2.71 bits per heavy atom. The summed E-state index contributed by atoms with van der Waals surface area (Å²) in [6.07, 6.45) is 5.84. The molecule has 2 aromatic heterocycles. The van der Waals surface area contributed by atoms with Gasteiger partial charge in [0.2, 0.25) is 16.2 Å². The molecule has 28 heavy (non-hydrogen) atoms. The molecule has 1 aliphatic rings. The Bertz CT molecular complexity index is 893. The quantitative estimate of drug-likeness (QED) is 0.694. The topological polar surface area (TPSA) is 63.1 Å². The van der Waals surface area contributed by atoms with Crippen molar-refractivity contribution in [3.8, 4) is 5.13 Å². The Kier molecular flexibility index (Phi) is 5.71. The zero-order valence-electron chi connectivity index (χ0n) is 16.0. The van der Waals surface area contributed by atoms with E-state index in [0.29, 0.717) is 19.0 Å². The number of hydrogen-bond acceptors (Lipinski definition) is 5. The van der Waals surface area contributed by atoms with Gasteiger partial charge in [0.25, 0.3) is 0 Å². The van der Waals surface area contributed by atoms with Crippen LogP contribution in [0, 0.1) is 5.92 Å². The molecule has 4 rings (SSSR count). The lowest BCUT2D eigenvalue weighted by atomic mass is 9.96. The summed E-state index contributed by atoms with van der Waals surface area (Å²) in [6, 6.07) is 14.2. The Morgan fingerprint density at radius 1 is 1.18 bits per heavy atom. The number of nitrogens with zero attached hydrogens (tertiary/aromatic N) is 4. The maximum atomic E-state index is 12.7. The third kappa shape index (κ3) is 4.25. The summed E-state index contributed by atoms with van der Waals surface area (Å²) in [4.78, 5) is 14.9. The van der Waals surface area contributed by atoms with Crippen molar-refractivity contribution in [2.45, 2.75) is 25.7 Å². The summed E-state index contributed by atoms with van der Waals surface area (Å²) in [6.45, 7) is 4.43. The van der Waals surface area contributed by atoms with Crippen molar-refractivity contribution in [1.29, 1.82) is 0 Å². The zero-order valence-corrected chi connectivity index (χ0v) is 16.8. The monoisotopic (exact) mass is 395 g/mol. The van der Waals surface area contributed by atoms with Gasteiger partial charge in [0, 0.05) is 32.0 Å². The minimum atomic E-state index is -0.00403. The van der Waals surface area contributed by atoms with Gasteiger partial charge in [-0.15, -0.1) is 10.2 Å². The van der Waals surface area contributed by atoms with E-state index >= 15 is 0 Å². The average molecular weight is 396 g/mol. The third-order valence-electron chi connectivity index (χ3n) is 5.24. The Morgan fingerprint density at radius 2 is 1.93 bits per heavy atom. The van der Waals surface area contributed by atoms with E-state index in [9.17, 15) is 4.79 Å². The molecule has 7 heteroatoms. The molecule has 3 heterocycles. The van der Waals surface area contributed by atoms with Gasteiger partial charge in [0.05, 0.1) is 5.92 Å². The number of amides is 1. The highest BCUT2D eigenvalue weighted by molar-refractivity contribution is 7.17. The summed E-state index contributed by atoms with van der Waals surface area (Å²) in [5, 5.41) is 13.5. The molecule has 0 radical (unpaired) electrons. The average Bonchev–Trinajstić information content (AvgIpc) is 3.44. The predicted octanol–water partition coefficient (Wildman–Crippen LogP) is 3.47. The van der Waals surface area contributed by atoms with Gasteiger partial charge in [-0.2, -0.15) is 0 Å². The second-order valence-electron chi connectivity index (χ2n) is 7.30. The molecule has 3 aromatic rings. The van der Waals surface area contributed by atoms with Gasteiger partial charge in [-0.1, -0.05) is 48.6 Å². The second kappa shape index (κ2) is 8.56. The van der Waals surface area contributed by atoms with Crippen molar-refractivity contribution in [3.05, 3.63) is 60.4 Å². The minimum absolute atomic E-state index is 0.00403. The number of hydrogen-bond donors (Lipinski definition) is 1. The van der Waals surface area contributed by atoms with Gasteiger partial charge in [0.15, 0.2) is 0 Å². The molecular formula is C21H25N5OS. The lowest BCUT2D eigenvalue weighted by Gasteiger charge is -2.31. The summed E-state index contributed by atoms with van der Waals surface area (Å²) in [5.41, 5.74) is 1.25. The fourth-order valence-corrected chi connectivity index (χ4v) is 4.41. The van der Waals surface area contributed by atoms with Crippen LogP contribution in [0.1, 0.15) is 31.2 Å². The maximum Gasteiger partial charge on any atom is 0.224 e. The van der Waals surface area contributed by atoms with Gasteiger partial charge >= 0.3 is 0 Å². The number of carbonyl (C=O) groups is 1. The van der Waals surface area contributed by atoms with Crippen LogP contribution in [0.4, 0.5) is 5.13 Å². The third-order valence-corrected chi connectivity index (χ3v) is 6.24. The molecule has 0 spiro atoms. The summed E-state index contributed by atoms with van der Waals surface area (Å²) in [5.74, 6) is 0.440. The van der Waals surface area contributed by atoms with Gasteiger partial charge in [-0.3, -0.25) is 9.36 Å². The van der Waals surface area contributed by atoms with Crippen LogP contribution < -0.4 is 10.2 Å². The maximum absolute atomic E-state index is 12.7. The Balaban J connectivity index is 1.34. The first-order chi connectivity index (χ1) is 13.7. The van der Waals surface area contributed by atoms with Crippen LogP contribution in [0.15, 0.2) is 54.9 Å². The van der Waals surface area contributed by atoms with E-state index < -0.39 is 0 Å². The molecule has 0 saturated carbocycles. The molecule has 0 unspecified atom stereocenters. The van der Waals surface area contributed by atoms with Crippen LogP contribution in [-0.2, 0) is 4.79 Å². The number of rotatable bonds is 6. The molecular weight excluding hydrogens is 370 g/mol. The molecule has 1 saturated heterocycles. The number of anilines is 1. The van der Waals surface area contributed by atoms with E-state index in [0.717, 1.165) is 29.6 Å². The first-order valence-electron chi connectivity index (χ1n) is 9.75. The van der Waals surface area contributed by atoms with Crippen molar-refractivity contribution >= 4 is 22.4 Å². The molecule has 0 bridgehead atoms. The van der Waals surface area contributed by atoms with Crippen LogP contribution in [0.5, 0.6) is 0 Å². The first-order valence-corrected chi connectivity index (χ1v) is 10.6. The Hall–Kier alpha value is -2.67. The summed E-state index contributed by atoms with van der Waals surface area (Å²) < 4.78 is 1.96. The molecule has 2 atom stereocenters. The number of benzene rings is 1. The standard InChI is InChI=1S/C21H25N5OS/c1-16(17-8-3-2-4-9-17)14-22-19(27)18-10-7-13-26(15-18)21-24-23-20(28-21)25-11-5-6-12-25/h2-6,8-9,11-12,16,18H,7,10,13-15H2,1H3,(H,22,27)/t16-,18+/m0/s1. The van der Waals surface area contributed by atoms with E-state index in [-0.39, 0.29) is 11.8 Å². The highest BCUT2D eigenvalue weighted by Crippen LogP contribution is 2.28. The van der Waals surface area contributed by atoms with E-state index in [1.54, 1.807) is 11.3 Å². The number of nitrogens with one attached hydrogen (secondary N) is 1. The fourth-order valence-electron chi connectivity index (χ4n) is 3.56. The lowest BCUT2D eigenvalue weighted by Crippen LogP contribution is -2.43. The predicted molar refractivity (Wildman–Crippen MR) is 112 cm³/mol. The molecule has 0 aliphatic carbocycles. The normalized spacial score (nSPS) is 18.0. The summed E-state index contributed by atoms with van der Waals surface area (Å²) >= 11 is 1.56. The van der Waals surface area contributed by atoms with Crippen molar-refractivity contribution in [2.24, 2.45) is 5.92 Å². The molecule has 146 valence electrons. The highest BCUT2D eigenvalue weighted by Gasteiger charge is 2.28. The smallest absolute Gasteiger partial charge is 0.224 e. The fraction of sp³-hybridized carbons (Fsp3) is 0.381. The van der Waals surface area contributed by atoms with Crippen LogP contribution in [0.25, 0.3) is 5.13 Å². The van der Waals surface area contributed by atoms with Crippen molar-refractivity contribution in [1.82, 2.24) is 20.1 Å². The van der Waals surface area contributed by atoms with Gasteiger partial charge in [-0.05, 0) is 36.5 Å². The number of piperidine rings is 1. The number of aromatic nitrogens is 3. The second-order valence-corrected chi connectivity index (χ2v) is 8.23. The van der Waals surface area contributed by atoms with Crippen molar-refractivity contribution < 1.29 is 4.79 Å². The van der Waals surface area contributed by atoms with Crippen molar-refractivity contribution in [3.63, 3.8) is 0 Å². The van der Waals surface area contributed by atoms with Crippen LogP contribution >= 0.6 is 11.3 Å². The number of carbonyl (C=O) groups excluding carboxylic acids is 1. The zero-order chi connectivity index (χ0) is 19.3. The first kappa shape index (κ1) is 18.7. The van der Waals surface area contributed by atoms with E-state index in [2.05, 4.69) is 39.5 Å². The largest absolute Gasteiger partial charge is 0.355 e. The van der Waals surface area contributed by atoms with Crippen LogP contribution in [0.2, 0.25) is 0 Å². The van der Waals surface area contributed by atoms with Crippen molar-refractivity contribution in [2.75, 3.05) is 24.5 Å². The van der Waals surface area contributed by atoms with E-state index in [4.69, 9.17) is 0 Å². The van der Waals surface area contributed by atoms with Gasteiger partial charge in [0.1, 0.15) is 0 Å². The molecule has 1 aliphatic heterocycles. The minimum Gasteiger partial charge on any atom is -0.355 e. The van der Waals surface area contributed by atoms with Gasteiger partial charge in [-0.25, -0.2) is 0 Å². The summed E-state index contributed by atoms with van der Waals surface area (Å²) in [7, 11) is 0. The molecule has 1 fully saturated rings. The van der Waals surface area contributed by atoms with E-state index in [1.165, 1.54) is 5.56 Å². The lowest BCUT2D eigenvalue weighted by molar-refractivity contribution is -0.125. The SMILES string of the molecule is C[C@@H](CNC(=O)[C@@H]1CCCN(c2nnc(-n3cccc3)s2)C1)c1ccccc1.